The minimum atomic E-state index is -1.12. The average Bonchev–Trinajstić information content (AvgIpc) is 3.25. The number of hydrogen-bond acceptors (Lipinski definition) is 5. The first-order valence-electron chi connectivity index (χ1n) is 8.69. The van der Waals surface area contributed by atoms with Crippen LogP contribution in [0.4, 0.5) is 0 Å². The van der Waals surface area contributed by atoms with E-state index in [9.17, 15) is 9.90 Å². The molecule has 25 heavy (non-hydrogen) atoms. The molecule has 1 amide bonds. The zero-order chi connectivity index (χ0) is 18.2. The Hall–Kier alpha value is -2.22. The predicted molar refractivity (Wildman–Crippen MR) is 91.7 cm³/mol. The van der Waals surface area contributed by atoms with Crippen LogP contribution in [0, 0.1) is 19.8 Å². The zero-order valence-corrected chi connectivity index (χ0v) is 15.3. The van der Waals surface area contributed by atoms with Gasteiger partial charge < -0.3 is 10.0 Å². The molecule has 1 aliphatic heterocycles. The highest BCUT2D eigenvalue weighted by Crippen LogP contribution is 2.30. The van der Waals surface area contributed by atoms with Crippen LogP contribution in [0.3, 0.4) is 0 Å². The van der Waals surface area contributed by atoms with Crippen LogP contribution in [0.15, 0.2) is 6.20 Å². The number of aliphatic hydroxyl groups is 1. The molecule has 1 atom stereocenters. The molecule has 0 radical (unpaired) electrons. The standard InChI is InChI=1S/C17H26N6O2/c1-11(2)9-23-13(4)14(12(3)20-23)7-16(24)22-6-5-17(25,10-22)15-8-18-21-19-15/h8,11,25H,5-7,9-10H2,1-4H3,(H,18,19,21). The van der Waals surface area contributed by atoms with Crippen molar-refractivity contribution in [3.63, 3.8) is 0 Å². The topological polar surface area (TPSA) is 99.9 Å². The average molecular weight is 346 g/mol. The second-order valence-electron chi connectivity index (χ2n) is 7.35. The smallest absolute Gasteiger partial charge is 0.227 e. The van der Waals surface area contributed by atoms with Crippen molar-refractivity contribution >= 4 is 5.91 Å². The maximum absolute atomic E-state index is 12.7. The molecule has 0 saturated carbocycles. The molecule has 8 heteroatoms. The Morgan fingerprint density at radius 2 is 2.20 bits per heavy atom. The molecule has 0 aromatic carbocycles. The number of likely N-dealkylation sites (tertiary alicyclic amines) is 1. The third-order valence-electron chi connectivity index (χ3n) is 4.89. The summed E-state index contributed by atoms with van der Waals surface area (Å²) in [6.07, 6.45) is 2.29. The van der Waals surface area contributed by atoms with E-state index in [0.29, 0.717) is 31.0 Å². The summed E-state index contributed by atoms with van der Waals surface area (Å²) >= 11 is 0. The van der Waals surface area contributed by atoms with Gasteiger partial charge in [0, 0.05) is 30.8 Å². The molecule has 8 nitrogen and oxygen atoms in total. The Morgan fingerprint density at radius 1 is 1.44 bits per heavy atom. The van der Waals surface area contributed by atoms with Gasteiger partial charge >= 0.3 is 0 Å². The molecular weight excluding hydrogens is 320 g/mol. The molecule has 0 bridgehead atoms. The van der Waals surface area contributed by atoms with Crippen LogP contribution in [0.25, 0.3) is 0 Å². The number of aromatic amines is 1. The largest absolute Gasteiger partial charge is 0.381 e. The number of aryl methyl sites for hydroxylation is 1. The lowest BCUT2D eigenvalue weighted by Gasteiger charge is -2.21. The van der Waals surface area contributed by atoms with Crippen LogP contribution < -0.4 is 0 Å². The lowest BCUT2D eigenvalue weighted by molar-refractivity contribution is -0.130. The van der Waals surface area contributed by atoms with E-state index in [1.165, 1.54) is 6.20 Å². The highest BCUT2D eigenvalue weighted by atomic mass is 16.3. The number of β-amino-alcohol motifs (C(OH)–C–C–N with tert-alkyl or cyclic N) is 1. The first kappa shape index (κ1) is 17.6. The maximum atomic E-state index is 12.7. The Bertz CT molecular complexity index is 752. The molecular formula is C17H26N6O2. The summed E-state index contributed by atoms with van der Waals surface area (Å²) in [6.45, 7) is 9.86. The molecule has 136 valence electrons. The van der Waals surface area contributed by atoms with Crippen LogP contribution in [0.5, 0.6) is 0 Å². The van der Waals surface area contributed by atoms with Crippen LogP contribution in [-0.4, -0.2) is 54.2 Å². The third kappa shape index (κ3) is 3.44. The number of H-pyrrole nitrogens is 1. The number of nitrogens with one attached hydrogen (secondary N) is 1. The normalized spacial score (nSPS) is 20.6. The predicted octanol–water partition coefficient (Wildman–Crippen LogP) is 0.937. The first-order valence-corrected chi connectivity index (χ1v) is 8.69. The van der Waals surface area contributed by atoms with Gasteiger partial charge in [-0.1, -0.05) is 13.8 Å². The van der Waals surface area contributed by atoms with Gasteiger partial charge in [0.1, 0.15) is 11.3 Å². The van der Waals surface area contributed by atoms with E-state index in [4.69, 9.17) is 0 Å². The van der Waals surface area contributed by atoms with E-state index in [-0.39, 0.29) is 12.5 Å². The molecule has 3 heterocycles. The van der Waals surface area contributed by atoms with Gasteiger partial charge in [-0.25, -0.2) is 0 Å². The van der Waals surface area contributed by atoms with Gasteiger partial charge in [0.2, 0.25) is 5.91 Å². The fraction of sp³-hybridized carbons (Fsp3) is 0.647. The van der Waals surface area contributed by atoms with Crippen LogP contribution >= 0.6 is 0 Å². The second kappa shape index (κ2) is 6.59. The molecule has 3 rings (SSSR count). The number of rotatable bonds is 5. The van der Waals surface area contributed by atoms with E-state index in [1.54, 1.807) is 4.90 Å². The molecule has 1 aliphatic rings. The van der Waals surface area contributed by atoms with Crippen molar-refractivity contribution in [2.45, 2.75) is 52.7 Å². The summed E-state index contributed by atoms with van der Waals surface area (Å²) in [5.41, 5.74) is 2.31. The van der Waals surface area contributed by atoms with Gasteiger partial charge in [-0.05, 0) is 19.8 Å². The van der Waals surface area contributed by atoms with Gasteiger partial charge in [-0.2, -0.15) is 20.5 Å². The highest BCUT2D eigenvalue weighted by Gasteiger charge is 2.41. The summed E-state index contributed by atoms with van der Waals surface area (Å²) in [6, 6.07) is 0. The van der Waals surface area contributed by atoms with Crippen LogP contribution in [0.1, 0.15) is 42.9 Å². The molecule has 1 fully saturated rings. The molecule has 0 spiro atoms. The minimum Gasteiger partial charge on any atom is -0.381 e. The first-order chi connectivity index (χ1) is 11.8. The summed E-state index contributed by atoms with van der Waals surface area (Å²) in [4.78, 5) is 14.4. The Morgan fingerprint density at radius 3 is 2.84 bits per heavy atom. The fourth-order valence-electron chi connectivity index (χ4n) is 3.42. The van der Waals surface area contributed by atoms with Gasteiger partial charge in [-0.3, -0.25) is 9.48 Å². The van der Waals surface area contributed by atoms with Crippen molar-refractivity contribution < 1.29 is 9.90 Å². The number of amides is 1. The number of carbonyl (C=O) groups excluding carboxylic acids is 1. The summed E-state index contributed by atoms with van der Waals surface area (Å²) in [5, 5.41) is 25.5. The van der Waals surface area contributed by atoms with Gasteiger partial charge in [-0.15, -0.1) is 0 Å². The van der Waals surface area contributed by atoms with Crippen molar-refractivity contribution in [3.05, 3.63) is 28.8 Å². The second-order valence-corrected chi connectivity index (χ2v) is 7.35. The van der Waals surface area contributed by atoms with Crippen molar-refractivity contribution in [2.24, 2.45) is 5.92 Å². The molecule has 1 saturated heterocycles. The Kier molecular flexibility index (Phi) is 4.64. The van der Waals surface area contributed by atoms with Gasteiger partial charge in [0.25, 0.3) is 0 Å². The maximum Gasteiger partial charge on any atom is 0.227 e. The zero-order valence-electron chi connectivity index (χ0n) is 15.3. The SMILES string of the molecule is Cc1nn(CC(C)C)c(C)c1CC(=O)N1CCC(O)(c2cn[nH]n2)C1. The van der Waals surface area contributed by atoms with Crippen molar-refractivity contribution in [1.82, 2.24) is 30.1 Å². The number of nitrogens with zero attached hydrogens (tertiary/aromatic N) is 5. The van der Waals surface area contributed by atoms with Gasteiger partial charge in [0.05, 0.1) is 24.9 Å². The Balaban J connectivity index is 1.70. The summed E-state index contributed by atoms with van der Waals surface area (Å²) < 4.78 is 1.98. The number of hydrogen-bond donors (Lipinski definition) is 2. The Labute approximate surface area is 147 Å². The lowest BCUT2D eigenvalue weighted by atomic mass is 10.00. The third-order valence-corrected chi connectivity index (χ3v) is 4.89. The summed E-state index contributed by atoms with van der Waals surface area (Å²) in [5.74, 6) is 0.507. The number of carbonyl (C=O) groups is 1. The van der Waals surface area contributed by atoms with Crippen molar-refractivity contribution in [2.75, 3.05) is 13.1 Å². The summed E-state index contributed by atoms with van der Waals surface area (Å²) in [7, 11) is 0. The molecule has 2 N–H and O–H groups in total. The van der Waals surface area contributed by atoms with Gasteiger partial charge in [0.15, 0.2) is 0 Å². The van der Waals surface area contributed by atoms with E-state index in [1.807, 2.05) is 18.5 Å². The van der Waals surface area contributed by atoms with Crippen LogP contribution in [-0.2, 0) is 23.4 Å². The van der Waals surface area contributed by atoms with E-state index in [0.717, 1.165) is 23.5 Å². The lowest BCUT2D eigenvalue weighted by Crippen LogP contribution is -2.35. The highest BCUT2D eigenvalue weighted by molar-refractivity contribution is 5.79. The number of aromatic nitrogens is 5. The monoisotopic (exact) mass is 346 g/mol. The van der Waals surface area contributed by atoms with E-state index < -0.39 is 5.60 Å². The van der Waals surface area contributed by atoms with Crippen LogP contribution in [0.2, 0.25) is 0 Å². The van der Waals surface area contributed by atoms with Crippen molar-refractivity contribution in [3.8, 4) is 0 Å². The molecule has 2 aromatic rings. The molecule has 0 aliphatic carbocycles. The van der Waals surface area contributed by atoms with E-state index >= 15 is 0 Å². The minimum absolute atomic E-state index is 0.00900. The van der Waals surface area contributed by atoms with E-state index in [2.05, 4.69) is 34.4 Å². The molecule has 1 unspecified atom stereocenters. The molecule has 2 aromatic heterocycles. The van der Waals surface area contributed by atoms with Crippen molar-refractivity contribution in [1.29, 1.82) is 0 Å². The fourth-order valence-corrected chi connectivity index (χ4v) is 3.42. The quantitative estimate of drug-likeness (QED) is 0.839.